The third-order valence-corrected chi connectivity index (χ3v) is 5.42. The average molecular weight is 419 g/mol. The number of nitro benzene ring substituents is 1. The first kappa shape index (κ1) is 20.5. The van der Waals surface area contributed by atoms with Crippen molar-refractivity contribution in [1.29, 1.82) is 0 Å². The molecule has 0 saturated carbocycles. The zero-order valence-corrected chi connectivity index (χ0v) is 17.0. The highest BCUT2D eigenvalue weighted by molar-refractivity contribution is 6.06. The number of rotatable bonds is 5. The van der Waals surface area contributed by atoms with Crippen molar-refractivity contribution >= 4 is 34.2 Å². The smallest absolute Gasteiger partial charge is 0.339 e. The third-order valence-electron chi connectivity index (χ3n) is 5.42. The highest BCUT2D eigenvalue weighted by atomic mass is 16.6. The lowest BCUT2D eigenvalue weighted by atomic mass is 9.84. The van der Waals surface area contributed by atoms with Gasteiger partial charge in [-0.05, 0) is 42.9 Å². The molecule has 0 spiro atoms. The van der Waals surface area contributed by atoms with Crippen molar-refractivity contribution in [2.45, 2.75) is 26.2 Å². The van der Waals surface area contributed by atoms with E-state index in [4.69, 9.17) is 9.72 Å². The summed E-state index contributed by atoms with van der Waals surface area (Å²) >= 11 is 0. The number of anilines is 1. The van der Waals surface area contributed by atoms with E-state index >= 15 is 0 Å². The second-order valence-corrected chi connectivity index (χ2v) is 7.68. The zero-order chi connectivity index (χ0) is 22.0. The summed E-state index contributed by atoms with van der Waals surface area (Å²) in [6, 6.07) is 13.2. The maximum Gasteiger partial charge on any atom is 0.339 e. The molecule has 0 fully saturated rings. The molecule has 8 nitrogen and oxygen atoms in total. The number of ether oxygens (including phenoxy) is 1. The fourth-order valence-corrected chi connectivity index (χ4v) is 3.92. The number of esters is 1. The fourth-order valence-electron chi connectivity index (χ4n) is 3.92. The Morgan fingerprint density at radius 2 is 1.94 bits per heavy atom. The van der Waals surface area contributed by atoms with Crippen LogP contribution in [0.1, 0.15) is 35.0 Å². The molecule has 2 aromatic carbocycles. The molecule has 1 heterocycles. The number of nitrogens with one attached hydrogen (secondary N) is 1. The van der Waals surface area contributed by atoms with Crippen LogP contribution in [0.4, 0.5) is 11.4 Å². The van der Waals surface area contributed by atoms with E-state index in [0.29, 0.717) is 22.4 Å². The number of pyridine rings is 1. The number of para-hydroxylation sites is 3. The Balaban J connectivity index is 1.56. The van der Waals surface area contributed by atoms with Gasteiger partial charge in [0.15, 0.2) is 6.61 Å². The van der Waals surface area contributed by atoms with Crippen molar-refractivity contribution in [3.8, 4) is 0 Å². The molecule has 1 unspecified atom stereocenters. The van der Waals surface area contributed by atoms with Crippen LogP contribution in [-0.2, 0) is 22.4 Å². The van der Waals surface area contributed by atoms with Gasteiger partial charge >= 0.3 is 5.97 Å². The lowest BCUT2D eigenvalue weighted by molar-refractivity contribution is -0.383. The molecule has 0 bridgehead atoms. The number of benzene rings is 2. The number of hydrogen-bond donors (Lipinski definition) is 1. The van der Waals surface area contributed by atoms with Gasteiger partial charge in [0, 0.05) is 17.1 Å². The van der Waals surface area contributed by atoms with Gasteiger partial charge < -0.3 is 10.1 Å². The van der Waals surface area contributed by atoms with Crippen LogP contribution < -0.4 is 5.32 Å². The number of nitrogens with zero attached hydrogens (tertiary/aromatic N) is 2. The number of aromatic nitrogens is 1. The lowest BCUT2D eigenvalue weighted by Gasteiger charge is -2.24. The van der Waals surface area contributed by atoms with Gasteiger partial charge in [-0.1, -0.05) is 37.3 Å². The molecule has 0 radical (unpaired) electrons. The molecule has 1 aliphatic rings. The van der Waals surface area contributed by atoms with E-state index in [-0.39, 0.29) is 11.4 Å². The minimum absolute atomic E-state index is 0.0501. The van der Waals surface area contributed by atoms with Crippen LogP contribution in [0.3, 0.4) is 0 Å². The number of fused-ring (bicyclic) bond motifs is 2. The van der Waals surface area contributed by atoms with Crippen LogP contribution in [-0.4, -0.2) is 28.4 Å². The fraction of sp³-hybridized carbons (Fsp3) is 0.261. The van der Waals surface area contributed by atoms with Crippen LogP contribution in [0.5, 0.6) is 0 Å². The number of carbonyl (C=O) groups is 2. The monoisotopic (exact) mass is 419 g/mol. The molecular formula is C23H21N3O5. The lowest BCUT2D eigenvalue weighted by Crippen LogP contribution is -2.24. The number of hydrogen-bond acceptors (Lipinski definition) is 6. The zero-order valence-electron chi connectivity index (χ0n) is 17.0. The summed E-state index contributed by atoms with van der Waals surface area (Å²) in [5.41, 5.74) is 2.76. The van der Waals surface area contributed by atoms with E-state index in [0.717, 1.165) is 30.5 Å². The van der Waals surface area contributed by atoms with E-state index < -0.39 is 23.4 Å². The second kappa shape index (κ2) is 8.51. The molecule has 4 rings (SSSR count). The molecule has 3 aromatic rings. The van der Waals surface area contributed by atoms with Crippen molar-refractivity contribution < 1.29 is 19.2 Å². The highest BCUT2D eigenvalue weighted by Gasteiger charge is 2.26. The SMILES string of the molecule is CC1CCc2nc3ccccc3c(C(=O)OCC(=O)Nc3ccccc3[N+](=O)[O-])c2C1. The van der Waals surface area contributed by atoms with E-state index in [9.17, 15) is 19.7 Å². The summed E-state index contributed by atoms with van der Waals surface area (Å²) in [6.07, 6.45) is 2.52. The summed E-state index contributed by atoms with van der Waals surface area (Å²) in [4.78, 5) is 40.6. The Labute approximate surface area is 178 Å². The van der Waals surface area contributed by atoms with Crippen LogP contribution in [0.2, 0.25) is 0 Å². The molecule has 0 aliphatic heterocycles. The van der Waals surface area contributed by atoms with Crippen molar-refractivity contribution in [2.24, 2.45) is 5.92 Å². The van der Waals surface area contributed by atoms with Crippen molar-refractivity contribution in [3.05, 3.63) is 75.5 Å². The summed E-state index contributed by atoms with van der Waals surface area (Å²) in [5.74, 6) is -0.825. The highest BCUT2D eigenvalue weighted by Crippen LogP contribution is 2.32. The van der Waals surface area contributed by atoms with Gasteiger partial charge in [-0.15, -0.1) is 0 Å². The van der Waals surface area contributed by atoms with Crippen LogP contribution >= 0.6 is 0 Å². The molecule has 1 aliphatic carbocycles. The number of nitro groups is 1. The first-order valence-electron chi connectivity index (χ1n) is 10.0. The van der Waals surface area contributed by atoms with Crippen LogP contribution in [0, 0.1) is 16.0 Å². The quantitative estimate of drug-likeness (QED) is 0.379. The Bertz CT molecular complexity index is 1190. The summed E-state index contributed by atoms with van der Waals surface area (Å²) in [5, 5.41) is 14.2. The topological polar surface area (TPSA) is 111 Å². The molecule has 1 N–H and O–H groups in total. The van der Waals surface area contributed by atoms with E-state index in [2.05, 4.69) is 12.2 Å². The van der Waals surface area contributed by atoms with Gasteiger partial charge in [-0.25, -0.2) is 4.79 Å². The first-order valence-corrected chi connectivity index (χ1v) is 10.0. The molecule has 8 heteroatoms. The predicted octanol–water partition coefficient (Wildman–Crippen LogP) is 4.06. The van der Waals surface area contributed by atoms with Crippen molar-refractivity contribution in [1.82, 2.24) is 4.98 Å². The normalized spacial score (nSPS) is 15.2. The standard InChI is InChI=1S/C23H21N3O5/c1-14-10-11-18-16(12-14)22(15-6-2-3-7-17(15)24-18)23(28)31-13-21(27)25-19-8-4-5-9-20(19)26(29)30/h2-9,14H,10-13H2,1H3,(H,25,27). The van der Waals surface area contributed by atoms with Crippen molar-refractivity contribution in [3.63, 3.8) is 0 Å². The van der Waals surface area contributed by atoms with E-state index in [1.807, 2.05) is 24.3 Å². The summed E-state index contributed by atoms with van der Waals surface area (Å²) in [6.45, 7) is 1.58. The van der Waals surface area contributed by atoms with Gasteiger partial charge in [0.2, 0.25) is 0 Å². The molecule has 1 aromatic heterocycles. The molecule has 31 heavy (non-hydrogen) atoms. The Morgan fingerprint density at radius 3 is 2.74 bits per heavy atom. The third kappa shape index (κ3) is 4.23. The largest absolute Gasteiger partial charge is 0.452 e. The Hall–Kier alpha value is -3.81. The molecule has 158 valence electrons. The number of aryl methyl sites for hydroxylation is 1. The van der Waals surface area contributed by atoms with Gasteiger partial charge in [0.1, 0.15) is 5.69 Å². The van der Waals surface area contributed by atoms with Crippen molar-refractivity contribution in [2.75, 3.05) is 11.9 Å². The maximum atomic E-state index is 13.0. The van der Waals surface area contributed by atoms with E-state index in [1.54, 1.807) is 6.07 Å². The van der Waals surface area contributed by atoms with E-state index in [1.165, 1.54) is 18.2 Å². The predicted molar refractivity (Wildman–Crippen MR) is 115 cm³/mol. The summed E-state index contributed by atoms with van der Waals surface area (Å²) in [7, 11) is 0. The second-order valence-electron chi connectivity index (χ2n) is 7.68. The molecular weight excluding hydrogens is 398 g/mol. The maximum absolute atomic E-state index is 13.0. The molecule has 1 amide bonds. The Morgan fingerprint density at radius 1 is 1.19 bits per heavy atom. The number of carbonyl (C=O) groups excluding carboxylic acids is 2. The van der Waals surface area contributed by atoms with Gasteiger partial charge in [0.05, 0.1) is 16.0 Å². The van der Waals surface area contributed by atoms with Gasteiger partial charge in [-0.2, -0.15) is 0 Å². The van der Waals surface area contributed by atoms with Crippen LogP contribution in [0.25, 0.3) is 10.9 Å². The van der Waals surface area contributed by atoms with Gasteiger partial charge in [-0.3, -0.25) is 19.9 Å². The minimum Gasteiger partial charge on any atom is -0.452 e. The average Bonchev–Trinajstić information content (AvgIpc) is 2.76. The van der Waals surface area contributed by atoms with Crippen LogP contribution in [0.15, 0.2) is 48.5 Å². The summed E-state index contributed by atoms with van der Waals surface area (Å²) < 4.78 is 5.32. The minimum atomic E-state index is -0.650. The Kier molecular flexibility index (Phi) is 5.62. The molecule has 1 atom stereocenters. The van der Waals surface area contributed by atoms with Gasteiger partial charge in [0.25, 0.3) is 11.6 Å². The first-order chi connectivity index (χ1) is 14.9. The number of amides is 1. The molecule has 0 saturated heterocycles.